The van der Waals surface area contributed by atoms with Gasteiger partial charge in [0.15, 0.2) is 0 Å². The highest BCUT2D eigenvalue weighted by atomic mass is 35.5. The van der Waals surface area contributed by atoms with Crippen molar-refractivity contribution < 1.29 is 0 Å². The minimum Gasteiger partial charge on any atom is -0.286 e. The molecule has 2 nitrogen and oxygen atoms in total. The summed E-state index contributed by atoms with van der Waals surface area (Å²) in [6.07, 6.45) is 3.94. The molecule has 0 atom stereocenters. The van der Waals surface area contributed by atoms with Crippen molar-refractivity contribution in [3.05, 3.63) is 35.2 Å². The zero-order valence-electron chi connectivity index (χ0n) is 7.20. The maximum absolute atomic E-state index is 6.05. The van der Waals surface area contributed by atoms with Crippen LogP contribution >= 0.6 is 23.4 Å². The molecule has 0 N–H and O–H groups in total. The van der Waals surface area contributed by atoms with Gasteiger partial charge in [0.25, 0.3) is 0 Å². The average molecular weight is 213 g/mol. The molecule has 0 amide bonds. The zero-order valence-corrected chi connectivity index (χ0v) is 8.77. The van der Waals surface area contributed by atoms with Crippen molar-refractivity contribution in [2.24, 2.45) is 0 Å². The van der Waals surface area contributed by atoms with E-state index < -0.39 is 0 Å². The van der Waals surface area contributed by atoms with E-state index >= 15 is 0 Å². The molecule has 0 spiro atoms. The van der Waals surface area contributed by atoms with Gasteiger partial charge in [-0.05, 0) is 18.4 Å². The van der Waals surface area contributed by atoms with E-state index in [9.17, 15) is 0 Å². The second kappa shape index (κ2) is 3.60. The molecule has 0 aliphatic carbocycles. The van der Waals surface area contributed by atoms with Gasteiger partial charge in [0.2, 0.25) is 0 Å². The maximum atomic E-state index is 6.05. The standard InChI is InChI=1S/C9H9ClN2S/c1-13-6-7-5-11-9-4-2-3-8(10)12(7)9/h2-5H,6H2,1H3. The fourth-order valence-corrected chi connectivity index (χ4v) is 2.07. The van der Waals surface area contributed by atoms with Crippen molar-refractivity contribution in [2.75, 3.05) is 6.26 Å². The molecule has 68 valence electrons. The largest absolute Gasteiger partial charge is 0.286 e. The Balaban J connectivity index is 2.64. The summed E-state index contributed by atoms with van der Waals surface area (Å²) < 4.78 is 1.97. The third kappa shape index (κ3) is 1.54. The van der Waals surface area contributed by atoms with E-state index in [1.54, 1.807) is 11.8 Å². The van der Waals surface area contributed by atoms with Crippen LogP contribution in [0.5, 0.6) is 0 Å². The summed E-state index contributed by atoms with van der Waals surface area (Å²) in [6, 6.07) is 5.74. The van der Waals surface area contributed by atoms with Crippen LogP contribution in [0.1, 0.15) is 5.69 Å². The van der Waals surface area contributed by atoms with E-state index in [1.165, 1.54) is 0 Å². The number of halogens is 1. The van der Waals surface area contributed by atoms with Gasteiger partial charge in [-0.1, -0.05) is 17.7 Å². The van der Waals surface area contributed by atoms with E-state index in [4.69, 9.17) is 11.6 Å². The molecular formula is C9H9ClN2S. The molecule has 0 saturated heterocycles. The van der Waals surface area contributed by atoms with Crippen molar-refractivity contribution in [2.45, 2.75) is 5.75 Å². The van der Waals surface area contributed by atoms with Crippen LogP contribution in [0.2, 0.25) is 5.15 Å². The first kappa shape index (κ1) is 8.91. The van der Waals surface area contributed by atoms with E-state index in [-0.39, 0.29) is 0 Å². The number of rotatable bonds is 2. The predicted octanol–water partition coefficient (Wildman–Crippen LogP) is 2.85. The summed E-state index contributed by atoms with van der Waals surface area (Å²) in [6.45, 7) is 0. The lowest BCUT2D eigenvalue weighted by atomic mass is 10.4. The Morgan fingerprint density at radius 1 is 1.54 bits per heavy atom. The van der Waals surface area contributed by atoms with Gasteiger partial charge in [0.1, 0.15) is 10.8 Å². The topological polar surface area (TPSA) is 17.3 Å². The van der Waals surface area contributed by atoms with Gasteiger partial charge in [0.05, 0.1) is 11.9 Å². The number of aromatic nitrogens is 2. The highest BCUT2D eigenvalue weighted by Gasteiger charge is 2.04. The third-order valence-corrected chi connectivity index (χ3v) is 2.73. The van der Waals surface area contributed by atoms with E-state index in [1.807, 2.05) is 28.8 Å². The summed E-state index contributed by atoms with van der Waals surface area (Å²) in [5, 5.41) is 0.721. The van der Waals surface area contributed by atoms with E-state index in [0.717, 1.165) is 22.2 Å². The fourth-order valence-electron chi connectivity index (χ4n) is 1.31. The number of nitrogens with zero attached hydrogens (tertiary/aromatic N) is 2. The minimum atomic E-state index is 0.721. The number of hydrogen-bond acceptors (Lipinski definition) is 2. The Morgan fingerprint density at radius 3 is 3.15 bits per heavy atom. The van der Waals surface area contributed by atoms with Gasteiger partial charge >= 0.3 is 0 Å². The molecule has 2 rings (SSSR count). The number of fused-ring (bicyclic) bond motifs is 1. The van der Waals surface area contributed by atoms with Gasteiger partial charge in [-0.25, -0.2) is 4.98 Å². The van der Waals surface area contributed by atoms with Crippen LogP contribution in [0.15, 0.2) is 24.4 Å². The van der Waals surface area contributed by atoms with Crippen LogP contribution in [0, 0.1) is 0 Å². The molecule has 0 unspecified atom stereocenters. The lowest BCUT2D eigenvalue weighted by Crippen LogP contribution is -1.91. The number of thioether (sulfide) groups is 1. The summed E-state index contributed by atoms with van der Waals surface area (Å²) in [5.41, 5.74) is 2.06. The highest BCUT2D eigenvalue weighted by Crippen LogP contribution is 2.17. The second-order valence-electron chi connectivity index (χ2n) is 2.72. The summed E-state index contributed by atoms with van der Waals surface area (Å²) >= 11 is 7.82. The van der Waals surface area contributed by atoms with Gasteiger partial charge in [0, 0.05) is 5.75 Å². The predicted molar refractivity (Wildman–Crippen MR) is 57.4 cm³/mol. The van der Waals surface area contributed by atoms with Crippen molar-refractivity contribution in [1.82, 2.24) is 9.38 Å². The monoisotopic (exact) mass is 212 g/mol. The molecule has 0 aromatic carbocycles. The SMILES string of the molecule is CSCc1cnc2cccc(Cl)n12. The number of pyridine rings is 1. The van der Waals surface area contributed by atoms with Crippen molar-refractivity contribution in [3.63, 3.8) is 0 Å². The second-order valence-corrected chi connectivity index (χ2v) is 3.98. The van der Waals surface area contributed by atoms with Crippen LogP contribution in [-0.2, 0) is 5.75 Å². The quantitative estimate of drug-likeness (QED) is 0.713. The first-order valence-electron chi connectivity index (χ1n) is 3.92. The Morgan fingerprint density at radius 2 is 2.38 bits per heavy atom. The zero-order chi connectivity index (χ0) is 9.26. The number of hydrogen-bond donors (Lipinski definition) is 0. The first-order chi connectivity index (χ1) is 6.33. The molecular weight excluding hydrogens is 204 g/mol. The maximum Gasteiger partial charge on any atom is 0.138 e. The highest BCUT2D eigenvalue weighted by molar-refractivity contribution is 7.97. The van der Waals surface area contributed by atoms with Crippen molar-refractivity contribution in [1.29, 1.82) is 0 Å². The Labute approximate surface area is 85.9 Å². The van der Waals surface area contributed by atoms with E-state index in [2.05, 4.69) is 11.2 Å². The first-order valence-corrected chi connectivity index (χ1v) is 5.70. The lowest BCUT2D eigenvalue weighted by Gasteiger charge is -2.01. The summed E-state index contributed by atoms with van der Waals surface area (Å²) in [4.78, 5) is 4.26. The van der Waals surface area contributed by atoms with Crippen LogP contribution in [0.3, 0.4) is 0 Å². The van der Waals surface area contributed by atoms with E-state index in [0.29, 0.717) is 0 Å². The molecule has 2 aromatic rings. The fraction of sp³-hybridized carbons (Fsp3) is 0.222. The molecule has 0 aliphatic rings. The minimum absolute atomic E-state index is 0.721. The van der Waals surface area contributed by atoms with Gasteiger partial charge in [-0.15, -0.1) is 0 Å². The van der Waals surface area contributed by atoms with Gasteiger partial charge in [-0.3, -0.25) is 4.40 Å². The van der Waals surface area contributed by atoms with Crippen LogP contribution < -0.4 is 0 Å². The Hall–Kier alpha value is -0.670. The van der Waals surface area contributed by atoms with Crippen LogP contribution in [-0.4, -0.2) is 15.6 Å². The summed E-state index contributed by atoms with van der Waals surface area (Å²) in [7, 11) is 0. The molecule has 0 radical (unpaired) electrons. The summed E-state index contributed by atoms with van der Waals surface area (Å²) in [5.74, 6) is 0.935. The molecule has 4 heteroatoms. The lowest BCUT2D eigenvalue weighted by molar-refractivity contribution is 1.10. The molecule has 0 bridgehead atoms. The normalized spacial score (nSPS) is 10.9. The van der Waals surface area contributed by atoms with Crippen molar-refractivity contribution in [3.8, 4) is 0 Å². The number of imidazole rings is 1. The molecule has 0 saturated carbocycles. The third-order valence-electron chi connectivity index (χ3n) is 1.85. The molecule has 13 heavy (non-hydrogen) atoms. The molecule has 2 heterocycles. The molecule has 2 aromatic heterocycles. The Kier molecular flexibility index (Phi) is 2.47. The smallest absolute Gasteiger partial charge is 0.138 e. The average Bonchev–Trinajstić information content (AvgIpc) is 2.51. The van der Waals surface area contributed by atoms with Crippen LogP contribution in [0.4, 0.5) is 0 Å². The molecule has 0 fully saturated rings. The van der Waals surface area contributed by atoms with Crippen molar-refractivity contribution >= 4 is 29.0 Å². The van der Waals surface area contributed by atoms with Gasteiger partial charge in [-0.2, -0.15) is 11.8 Å². The van der Waals surface area contributed by atoms with Crippen LogP contribution in [0.25, 0.3) is 5.65 Å². The molecule has 0 aliphatic heterocycles. The Bertz CT molecular complexity index is 424. The van der Waals surface area contributed by atoms with Gasteiger partial charge < -0.3 is 0 Å².